The van der Waals surface area contributed by atoms with Crippen molar-refractivity contribution in [2.45, 2.75) is 6.92 Å². The number of ketones is 1. The van der Waals surface area contributed by atoms with Gasteiger partial charge >= 0.3 is 5.97 Å². The van der Waals surface area contributed by atoms with Crippen LogP contribution in [0.2, 0.25) is 0 Å². The van der Waals surface area contributed by atoms with Crippen LogP contribution in [0.3, 0.4) is 0 Å². The van der Waals surface area contributed by atoms with Crippen molar-refractivity contribution in [1.82, 2.24) is 4.90 Å². The van der Waals surface area contributed by atoms with E-state index in [-0.39, 0.29) is 13.2 Å². The van der Waals surface area contributed by atoms with Gasteiger partial charge in [0.1, 0.15) is 0 Å². The highest BCUT2D eigenvalue weighted by atomic mass is 16.5. The van der Waals surface area contributed by atoms with Crippen molar-refractivity contribution in [1.29, 1.82) is 0 Å². The second-order valence-electron chi connectivity index (χ2n) is 2.84. The van der Waals surface area contributed by atoms with Gasteiger partial charge in [-0.15, -0.1) is 0 Å². The molecule has 1 aliphatic rings. The molecule has 0 amide bonds. The molecule has 0 aliphatic carbocycles. The van der Waals surface area contributed by atoms with Crippen LogP contribution in [0.25, 0.3) is 0 Å². The molecule has 0 radical (unpaired) electrons. The van der Waals surface area contributed by atoms with Crippen LogP contribution < -0.4 is 0 Å². The maximum Gasteiger partial charge on any atom is 0.376 e. The molecular weight excluding hydrogens is 182 g/mol. The van der Waals surface area contributed by atoms with E-state index < -0.39 is 11.8 Å². The lowest BCUT2D eigenvalue weighted by Crippen LogP contribution is -2.31. The number of ether oxygens (including phenoxy) is 1. The number of hydrogen-bond acceptors (Lipinski definition) is 4. The molecule has 14 heavy (non-hydrogen) atoms. The van der Waals surface area contributed by atoms with Gasteiger partial charge in [-0.1, -0.05) is 12.2 Å². The average molecular weight is 195 g/mol. The van der Waals surface area contributed by atoms with Crippen molar-refractivity contribution in [3.05, 3.63) is 24.4 Å². The number of rotatable bonds is 4. The van der Waals surface area contributed by atoms with Crippen LogP contribution in [0.5, 0.6) is 0 Å². The monoisotopic (exact) mass is 195 g/mol. The normalized spacial score (nSPS) is 14.2. The van der Waals surface area contributed by atoms with Gasteiger partial charge in [0.2, 0.25) is 0 Å². The Morgan fingerprint density at radius 1 is 1.43 bits per heavy atom. The van der Waals surface area contributed by atoms with E-state index in [9.17, 15) is 9.59 Å². The van der Waals surface area contributed by atoms with Gasteiger partial charge in [-0.05, 0) is 19.2 Å². The Balaban J connectivity index is 2.37. The number of allylic oxidation sites excluding steroid dienone is 2. The van der Waals surface area contributed by atoms with Crippen molar-refractivity contribution >= 4 is 11.8 Å². The van der Waals surface area contributed by atoms with Gasteiger partial charge in [0.25, 0.3) is 5.78 Å². The largest absolute Gasteiger partial charge is 0.460 e. The quantitative estimate of drug-likeness (QED) is 0.484. The summed E-state index contributed by atoms with van der Waals surface area (Å²) in [6.07, 6.45) is 7.41. The van der Waals surface area contributed by atoms with Gasteiger partial charge < -0.3 is 9.64 Å². The zero-order valence-electron chi connectivity index (χ0n) is 8.10. The van der Waals surface area contributed by atoms with Crippen LogP contribution >= 0.6 is 0 Å². The highest BCUT2D eigenvalue weighted by molar-refractivity contribution is 6.34. The van der Waals surface area contributed by atoms with E-state index in [2.05, 4.69) is 4.74 Å². The summed E-state index contributed by atoms with van der Waals surface area (Å²) in [6, 6.07) is 0. The summed E-state index contributed by atoms with van der Waals surface area (Å²) in [5.41, 5.74) is 0. The topological polar surface area (TPSA) is 46.6 Å². The molecule has 76 valence electrons. The standard InChI is InChI=1S/C10H13NO3/c1-2-14-10(13)9(12)8-11-6-4-3-5-7-11/h3-6H,2,7-8H2,1H3. The fraction of sp³-hybridized carbons (Fsp3) is 0.400. The number of carbonyl (C=O) groups is 2. The van der Waals surface area contributed by atoms with Gasteiger partial charge in [0.05, 0.1) is 13.2 Å². The molecule has 0 unspecified atom stereocenters. The molecule has 0 fully saturated rings. The van der Waals surface area contributed by atoms with Gasteiger partial charge in [0.15, 0.2) is 0 Å². The molecular formula is C10H13NO3. The number of esters is 1. The SMILES string of the molecule is CCOC(=O)C(=O)CN1C=CC=CC1. The summed E-state index contributed by atoms with van der Waals surface area (Å²) in [7, 11) is 0. The fourth-order valence-corrected chi connectivity index (χ4v) is 1.08. The highest BCUT2D eigenvalue weighted by Crippen LogP contribution is 1.98. The number of carbonyl (C=O) groups excluding carboxylic acids is 2. The first-order valence-electron chi connectivity index (χ1n) is 4.51. The van der Waals surface area contributed by atoms with E-state index in [1.165, 1.54) is 0 Å². The lowest BCUT2D eigenvalue weighted by Gasteiger charge is -2.18. The number of Topliss-reactive ketones (excluding diaryl/α,β-unsaturated/α-hetero) is 1. The predicted octanol–water partition coefficient (Wildman–Crippen LogP) is 0.504. The molecule has 1 heterocycles. The van der Waals surface area contributed by atoms with E-state index in [0.717, 1.165) is 0 Å². The smallest absolute Gasteiger partial charge is 0.376 e. The first-order valence-corrected chi connectivity index (χ1v) is 4.51. The van der Waals surface area contributed by atoms with Crippen molar-refractivity contribution in [2.75, 3.05) is 19.7 Å². The van der Waals surface area contributed by atoms with E-state index in [0.29, 0.717) is 6.54 Å². The summed E-state index contributed by atoms with van der Waals surface area (Å²) >= 11 is 0. The molecule has 0 aromatic heterocycles. The molecule has 0 saturated heterocycles. The lowest BCUT2D eigenvalue weighted by molar-refractivity contribution is -0.153. The molecule has 4 nitrogen and oxygen atoms in total. The molecule has 0 spiro atoms. The first kappa shape index (κ1) is 10.5. The van der Waals surface area contributed by atoms with Crippen molar-refractivity contribution < 1.29 is 14.3 Å². The molecule has 4 heteroatoms. The van der Waals surface area contributed by atoms with Crippen LogP contribution in [0.15, 0.2) is 24.4 Å². The maximum atomic E-state index is 11.2. The minimum absolute atomic E-state index is 0.0830. The van der Waals surface area contributed by atoms with Gasteiger partial charge in [0, 0.05) is 6.54 Å². The minimum Gasteiger partial charge on any atom is -0.460 e. The van der Waals surface area contributed by atoms with E-state index in [4.69, 9.17) is 0 Å². The van der Waals surface area contributed by atoms with Crippen LogP contribution in [0.4, 0.5) is 0 Å². The third kappa shape index (κ3) is 3.05. The second kappa shape index (κ2) is 5.21. The molecule has 0 atom stereocenters. The van der Waals surface area contributed by atoms with Crippen LogP contribution in [-0.4, -0.2) is 36.3 Å². The maximum absolute atomic E-state index is 11.2. The van der Waals surface area contributed by atoms with Gasteiger partial charge in [-0.25, -0.2) is 4.79 Å². The summed E-state index contributed by atoms with van der Waals surface area (Å²) in [5, 5.41) is 0. The minimum atomic E-state index is -0.754. The number of hydrogen-bond donors (Lipinski definition) is 0. The zero-order valence-corrected chi connectivity index (χ0v) is 8.10. The van der Waals surface area contributed by atoms with Gasteiger partial charge in [-0.2, -0.15) is 0 Å². The molecule has 1 rings (SSSR count). The van der Waals surface area contributed by atoms with E-state index >= 15 is 0 Å². The van der Waals surface area contributed by atoms with Gasteiger partial charge in [-0.3, -0.25) is 4.79 Å². The first-order chi connectivity index (χ1) is 6.74. The molecule has 0 N–H and O–H groups in total. The molecule has 0 aromatic rings. The molecule has 0 bridgehead atoms. The summed E-state index contributed by atoms with van der Waals surface area (Å²) in [5.74, 6) is -1.26. The highest BCUT2D eigenvalue weighted by Gasteiger charge is 2.16. The fourth-order valence-electron chi connectivity index (χ4n) is 1.08. The van der Waals surface area contributed by atoms with Crippen LogP contribution in [0.1, 0.15) is 6.92 Å². The molecule has 0 saturated carbocycles. The van der Waals surface area contributed by atoms with Crippen LogP contribution in [-0.2, 0) is 14.3 Å². The average Bonchev–Trinajstić information content (AvgIpc) is 2.19. The Morgan fingerprint density at radius 2 is 2.21 bits per heavy atom. The van der Waals surface area contributed by atoms with Crippen molar-refractivity contribution in [3.8, 4) is 0 Å². The van der Waals surface area contributed by atoms with Crippen LogP contribution in [0, 0.1) is 0 Å². The third-order valence-electron chi connectivity index (χ3n) is 1.73. The summed E-state index contributed by atoms with van der Waals surface area (Å²) in [4.78, 5) is 24.0. The molecule has 1 aliphatic heterocycles. The summed E-state index contributed by atoms with van der Waals surface area (Å²) < 4.78 is 4.59. The Bertz CT molecular complexity index is 281. The number of nitrogens with zero attached hydrogens (tertiary/aromatic N) is 1. The van der Waals surface area contributed by atoms with E-state index in [1.807, 2.05) is 18.2 Å². The van der Waals surface area contributed by atoms with Crippen molar-refractivity contribution in [2.24, 2.45) is 0 Å². The zero-order chi connectivity index (χ0) is 10.4. The van der Waals surface area contributed by atoms with E-state index in [1.54, 1.807) is 18.0 Å². The molecule has 0 aromatic carbocycles. The Kier molecular flexibility index (Phi) is 3.91. The third-order valence-corrected chi connectivity index (χ3v) is 1.73. The summed E-state index contributed by atoms with van der Waals surface area (Å²) in [6.45, 7) is 2.65. The Hall–Kier alpha value is -1.58. The lowest BCUT2D eigenvalue weighted by atomic mass is 10.3. The second-order valence-corrected chi connectivity index (χ2v) is 2.84. The Labute approximate surface area is 82.8 Å². The Morgan fingerprint density at radius 3 is 2.79 bits per heavy atom. The van der Waals surface area contributed by atoms with Crippen molar-refractivity contribution in [3.63, 3.8) is 0 Å². The predicted molar refractivity (Wildman–Crippen MR) is 51.5 cm³/mol.